The van der Waals surface area contributed by atoms with Crippen molar-refractivity contribution in [3.63, 3.8) is 0 Å². The second-order valence-electron chi connectivity index (χ2n) is 11.4. The summed E-state index contributed by atoms with van der Waals surface area (Å²) < 4.78 is 22.1. The van der Waals surface area contributed by atoms with Gasteiger partial charge in [0, 0.05) is 56.4 Å². The summed E-state index contributed by atoms with van der Waals surface area (Å²) in [7, 11) is 0. The number of fused-ring (bicyclic) bond motifs is 2. The summed E-state index contributed by atoms with van der Waals surface area (Å²) in [5, 5.41) is 12.6. The van der Waals surface area contributed by atoms with Gasteiger partial charge in [0.1, 0.15) is 24.1 Å². The zero-order valence-corrected chi connectivity index (χ0v) is 24.2. The number of hydrogen-bond donors (Lipinski definition) is 1. The van der Waals surface area contributed by atoms with Crippen LogP contribution in [0.2, 0.25) is 0 Å². The number of nitrogens with one attached hydrogen (secondary N) is 1. The summed E-state index contributed by atoms with van der Waals surface area (Å²) in [6.45, 7) is 7.54. The number of pyridine rings is 2. The van der Waals surface area contributed by atoms with E-state index in [2.05, 4.69) is 26.3 Å². The van der Waals surface area contributed by atoms with Crippen LogP contribution in [0.25, 0.3) is 5.65 Å². The molecule has 6 rings (SSSR count). The summed E-state index contributed by atoms with van der Waals surface area (Å²) in [6, 6.07) is 12.5. The number of carbonyl (C=O) groups excluding carboxylic acids is 2. The highest BCUT2D eigenvalue weighted by Gasteiger charge is 2.40. The van der Waals surface area contributed by atoms with E-state index < -0.39 is 23.5 Å². The van der Waals surface area contributed by atoms with Crippen molar-refractivity contribution in [2.24, 2.45) is 0 Å². The molecule has 0 atom stereocenters. The van der Waals surface area contributed by atoms with E-state index in [9.17, 15) is 19.2 Å². The van der Waals surface area contributed by atoms with Gasteiger partial charge in [-0.2, -0.15) is 5.26 Å². The fraction of sp³-hybridized carbons (Fsp3) is 0.323. The van der Waals surface area contributed by atoms with E-state index in [1.807, 2.05) is 51.1 Å². The van der Waals surface area contributed by atoms with Crippen molar-refractivity contribution in [2.75, 3.05) is 41.3 Å². The number of nitrogens with zero attached hydrogens (tertiary/aromatic N) is 7. The number of ether oxygens (including phenoxy) is 1. The van der Waals surface area contributed by atoms with Crippen LogP contribution in [0.3, 0.4) is 0 Å². The molecule has 4 aromatic rings. The molecule has 2 aliphatic rings. The molecule has 0 unspecified atom stereocenters. The molecular formula is C31H31FN8O3. The summed E-state index contributed by atoms with van der Waals surface area (Å²) in [5.74, 6) is -0.171. The van der Waals surface area contributed by atoms with Gasteiger partial charge < -0.3 is 19.4 Å². The molecule has 1 N–H and O–H groups in total. The molecule has 2 aliphatic heterocycles. The minimum Gasteiger partial charge on any atom is -0.445 e. The molecule has 0 spiro atoms. The van der Waals surface area contributed by atoms with Crippen LogP contribution >= 0.6 is 0 Å². The molecule has 220 valence electrons. The molecule has 0 bridgehead atoms. The summed E-state index contributed by atoms with van der Waals surface area (Å²) >= 11 is 0. The smallest absolute Gasteiger partial charge is 0.410 e. The summed E-state index contributed by atoms with van der Waals surface area (Å²) in [4.78, 5) is 40.4. The van der Waals surface area contributed by atoms with Crippen molar-refractivity contribution in [2.45, 2.75) is 39.3 Å². The SMILES string of the molecule is Cc1cn2cc(NC(=O)N3CCc4c3ncc(C#N)c4N3CCN(C(=O)OCc4ccccc4)C(C)(C)C3)c(F)cc2n1. The van der Waals surface area contributed by atoms with Gasteiger partial charge in [-0.1, -0.05) is 30.3 Å². The molecule has 5 heterocycles. The summed E-state index contributed by atoms with van der Waals surface area (Å²) in [6.07, 6.45) is 4.78. The number of hydrogen-bond acceptors (Lipinski definition) is 7. The lowest BCUT2D eigenvalue weighted by atomic mass is 9.97. The van der Waals surface area contributed by atoms with Crippen molar-refractivity contribution in [1.29, 1.82) is 5.26 Å². The van der Waals surface area contributed by atoms with Crippen LogP contribution in [0.15, 0.2) is 55.0 Å². The Morgan fingerprint density at radius 1 is 1.16 bits per heavy atom. The third-order valence-corrected chi connectivity index (χ3v) is 7.88. The molecule has 11 nitrogen and oxygen atoms in total. The molecule has 3 aromatic heterocycles. The monoisotopic (exact) mass is 582 g/mol. The Labute approximate surface area is 248 Å². The largest absolute Gasteiger partial charge is 0.445 e. The minimum absolute atomic E-state index is 0.0224. The predicted molar refractivity (Wildman–Crippen MR) is 159 cm³/mol. The maximum absolute atomic E-state index is 14.8. The first-order valence-corrected chi connectivity index (χ1v) is 14.0. The number of aromatic nitrogens is 3. The van der Waals surface area contributed by atoms with Gasteiger partial charge in [0.05, 0.1) is 28.2 Å². The first-order valence-electron chi connectivity index (χ1n) is 14.0. The standard InChI is InChI=1S/C31H31FN8O3/c1-20-16-38-17-25(24(32)13-26(38)35-20)36-29(41)39-10-9-23-27(22(14-33)15-34-28(23)39)37-11-12-40(31(2,3)19-37)30(42)43-18-21-7-5-4-6-8-21/h4-8,13,15-17H,9-12,18-19H2,1-3H3,(H,36,41). The van der Waals surface area contributed by atoms with E-state index in [4.69, 9.17) is 4.74 Å². The van der Waals surface area contributed by atoms with Crippen molar-refractivity contribution >= 4 is 35.0 Å². The van der Waals surface area contributed by atoms with Crippen LogP contribution in [0.4, 0.5) is 31.2 Å². The minimum atomic E-state index is -0.605. The Balaban J connectivity index is 1.20. The van der Waals surface area contributed by atoms with Crippen molar-refractivity contribution < 1.29 is 18.7 Å². The van der Waals surface area contributed by atoms with Gasteiger partial charge in [0.15, 0.2) is 5.82 Å². The van der Waals surface area contributed by atoms with E-state index in [0.29, 0.717) is 55.3 Å². The fourth-order valence-electron chi connectivity index (χ4n) is 5.86. The average molecular weight is 583 g/mol. The first-order chi connectivity index (χ1) is 20.6. The van der Waals surface area contributed by atoms with Gasteiger partial charge in [-0.15, -0.1) is 0 Å². The van der Waals surface area contributed by atoms with Gasteiger partial charge in [-0.3, -0.25) is 9.80 Å². The highest BCUT2D eigenvalue weighted by molar-refractivity contribution is 6.03. The maximum atomic E-state index is 14.8. The number of imidazole rings is 1. The van der Waals surface area contributed by atoms with Gasteiger partial charge in [0.25, 0.3) is 0 Å². The van der Waals surface area contributed by atoms with Crippen molar-refractivity contribution in [1.82, 2.24) is 19.3 Å². The third-order valence-electron chi connectivity index (χ3n) is 7.88. The van der Waals surface area contributed by atoms with E-state index in [0.717, 1.165) is 16.8 Å². The zero-order chi connectivity index (χ0) is 30.3. The number of piperazine rings is 1. The van der Waals surface area contributed by atoms with Gasteiger partial charge in [-0.25, -0.2) is 23.9 Å². The highest BCUT2D eigenvalue weighted by atomic mass is 19.1. The molecule has 3 amide bonds. The van der Waals surface area contributed by atoms with Crippen LogP contribution in [0.5, 0.6) is 0 Å². The summed E-state index contributed by atoms with van der Waals surface area (Å²) in [5.41, 5.74) is 3.37. The van der Waals surface area contributed by atoms with Crippen LogP contribution in [0, 0.1) is 24.1 Å². The Morgan fingerprint density at radius 3 is 2.70 bits per heavy atom. The average Bonchev–Trinajstić information content (AvgIpc) is 3.57. The van der Waals surface area contributed by atoms with E-state index >= 15 is 0 Å². The molecule has 1 aromatic carbocycles. The second-order valence-corrected chi connectivity index (χ2v) is 11.4. The Morgan fingerprint density at radius 2 is 1.95 bits per heavy atom. The van der Waals surface area contributed by atoms with Crippen LogP contribution in [-0.4, -0.2) is 63.1 Å². The number of urea groups is 1. The van der Waals surface area contributed by atoms with Crippen molar-refractivity contribution in [3.8, 4) is 6.07 Å². The van der Waals surface area contributed by atoms with Gasteiger partial charge >= 0.3 is 12.1 Å². The Hall–Kier alpha value is -5.18. The maximum Gasteiger partial charge on any atom is 0.410 e. The Kier molecular flexibility index (Phi) is 7.09. The number of amides is 3. The number of halogens is 1. The van der Waals surface area contributed by atoms with Crippen LogP contribution in [0.1, 0.15) is 36.2 Å². The molecule has 12 heteroatoms. The number of carbonyl (C=O) groups is 2. The van der Waals surface area contributed by atoms with Gasteiger partial charge in [0.2, 0.25) is 0 Å². The molecular weight excluding hydrogens is 551 g/mol. The molecule has 43 heavy (non-hydrogen) atoms. The zero-order valence-electron chi connectivity index (χ0n) is 24.2. The van der Waals surface area contributed by atoms with Crippen LogP contribution < -0.4 is 15.1 Å². The molecule has 1 fully saturated rings. The molecule has 1 saturated heterocycles. The number of benzene rings is 1. The molecule has 0 radical (unpaired) electrons. The van der Waals surface area contributed by atoms with E-state index in [1.54, 1.807) is 15.5 Å². The lowest BCUT2D eigenvalue weighted by Crippen LogP contribution is -2.61. The normalized spacial score (nSPS) is 15.7. The number of rotatable bonds is 4. The van der Waals surface area contributed by atoms with Crippen molar-refractivity contribution in [3.05, 3.63) is 83.2 Å². The van der Waals surface area contributed by atoms with E-state index in [1.165, 1.54) is 23.4 Å². The highest BCUT2D eigenvalue weighted by Crippen LogP contribution is 2.39. The number of anilines is 3. The topological polar surface area (TPSA) is 119 Å². The number of nitriles is 1. The first kappa shape index (κ1) is 28.0. The number of aryl methyl sites for hydroxylation is 1. The molecule has 0 saturated carbocycles. The third kappa shape index (κ3) is 5.30. The fourth-order valence-corrected chi connectivity index (χ4v) is 5.86. The quantitative estimate of drug-likeness (QED) is 0.364. The lowest BCUT2D eigenvalue weighted by molar-refractivity contribution is 0.0515. The Bertz CT molecular complexity index is 1760. The lowest BCUT2D eigenvalue weighted by Gasteiger charge is -2.47. The predicted octanol–water partition coefficient (Wildman–Crippen LogP) is 4.88. The molecule has 0 aliphatic carbocycles. The second kappa shape index (κ2) is 10.9. The van der Waals surface area contributed by atoms with E-state index in [-0.39, 0.29) is 12.3 Å². The van der Waals surface area contributed by atoms with Gasteiger partial charge in [-0.05, 0) is 32.8 Å². The van der Waals surface area contributed by atoms with Crippen LogP contribution in [-0.2, 0) is 17.8 Å².